The molecule has 0 unspecified atom stereocenters. The number of anilines is 1. The number of ketones is 1. The van der Waals surface area contributed by atoms with E-state index in [1.165, 1.54) is 10.9 Å². The van der Waals surface area contributed by atoms with Gasteiger partial charge < -0.3 is 25.2 Å². The molecule has 1 amide bonds. The standard InChI is InChI=1S/C39H41ClN8O6/c1-53-18-16-46(17-19-54-2)33(51)15-7-12-28(49)20-25-9-6-14-31-34(25)39(52)47(22-27-8-3-4-13-30(27)40)32(44-31)23-48-38-35(37(41)42-24-43-38)36(45-48)26-10-5-11-29(50)21-26/h3-6,8-11,13-14,21,24,50H,7,12,15-20,22-23H2,1-2H3,(H2,41,42,43). The summed E-state index contributed by atoms with van der Waals surface area (Å²) in [6, 6.07) is 19.1. The largest absolute Gasteiger partial charge is 0.508 e. The number of rotatable bonds is 17. The first-order chi connectivity index (χ1) is 26.2. The number of nitrogens with two attached hydrogens (primary N) is 1. The van der Waals surface area contributed by atoms with E-state index in [-0.39, 0.29) is 61.2 Å². The fourth-order valence-corrected chi connectivity index (χ4v) is 6.59. The molecule has 3 heterocycles. The van der Waals surface area contributed by atoms with Gasteiger partial charge in [-0.3, -0.25) is 19.0 Å². The number of phenolic OH excluding ortho intramolecular Hbond substituents is 1. The molecule has 3 aromatic heterocycles. The summed E-state index contributed by atoms with van der Waals surface area (Å²) < 4.78 is 13.4. The van der Waals surface area contributed by atoms with Crippen LogP contribution in [-0.4, -0.2) is 91.5 Å². The van der Waals surface area contributed by atoms with Crippen molar-refractivity contribution < 1.29 is 24.2 Å². The average molecular weight is 753 g/mol. The number of phenols is 1. The minimum absolute atomic E-state index is 0.00176. The van der Waals surface area contributed by atoms with Crippen LogP contribution in [0, 0.1) is 0 Å². The SMILES string of the molecule is COCCN(CCOC)C(=O)CCCC(=O)Cc1cccc2nc(Cn3nc(-c4cccc(O)c4)c4c(N)ncnc43)n(Cc3ccccc3Cl)c(=O)c12. The van der Waals surface area contributed by atoms with Crippen LogP contribution in [0.1, 0.15) is 36.2 Å². The molecule has 6 aromatic rings. The molecule has 14 nitrogen and oxygen atoms in total. The number of nitrogens with zero attached hydrogens (tertiary/aromatic N) is 7. The number of aromatic nitrogens is 6. The lowest BCUT2D eigenvalue weighted by Gasteiger charge is -2.22. The van der Waals surface area contributed by atoms with Gasteiger partial charge in [0.15, 0.2) is 5.65 Å². The van der Waals surface area contributed by atoms with Gasteiger partial charge in [-0.2, -0.15) is 5.10 Å². The molecule has 0 atom stereocenters. The van der Waals surface area contributed by atoms with Crippen LogP contribution in [0.2, 0.25) is 5.02 Å². The van der Waals surface area contributed by atoms with Gasteiger partial charge in [-0.1, -0.05) is 54.1 Å². The summed E-state index contributed by atoms with van der Waals surface area (Å²) in [6.45, 7) is 1.80. The molecule has 3 aromatic carbocycles. The van der Waals surface area contributed by atoms with E-state index in [0.717, 1.165) is 0 Å². The summed E-state index contributed by atoms with van der Waals surface area (Å²) in [5, 5.41) is 16.3. The Morgan fingerprint density at radius 3 is 2.39 bits per heavy atom. The number of Topliss-reactive ketones (excluding diaryl/α,β-unsaturated/α-hetero) is 1. The Bertz CT molecular complexity index is 2350. The quantitative estimate of drug-likeness (QED) is 0.132. The maximum Gasteiger partial charge on any atom is 0.262 e. The van der Waals surface area contributed by atoms with Crippen LogP contribution < -0.4 is 11.3 Å². The molecule has 54 heavy (non-hydrogen) atoms. The lowest BCUT2D eigenvalue weighted by Crippen LogP contribution is -2.36. The van der Waals surface area contributed by atoms with E-state index in [2.05, 4.69) is 9.97 Å². The molecule has 280 valence electrons. The van der Waals surface area contributed by atoms with Gasteiger partial charge in [0, 0.05) is 57.2 Å². The molecule has 0 saturated heterocycles. The highest BCUT2D eigenvalue weighted by Gasteiger charge is 2.22. The van der Waals surface area contributed by atoms with E-state index >= 15 is 0 Å². The summed E-state index contributed by atoms with van der Waals surface area (Å²) in [4.78, 5) is 56.1. The van der Waals surface area contributed by atoms with E-state index in [1.54, 1.807) is 72.3 Å². The summed E-state index contributed by atoms with van der Waals surface area (Å²) in [7, 11) is 3.16. The van der Waals surface area contributed by atoms with Crippen LogP contribution in [0.3, 0.4) is 0 Å². The molecule has 0 aliphatic rings. The predicted octanol–water partition coefficient (Wildman–Crippen LogP) is 4.64. The number of methoxy groups -OCH3 is 2. The number of ether oxygens (including phenoxy) is 2. The molecule has 0 bridgehead atoms. The highest BCUT2D eigenvalue weighted by molar-refractivity contribution is 6.31. The fraction of sp³-hybridized carbons (Fsp3) is 0.308. The Morgan fingerprint density at radius 2 is 1.65 bits per heavy atom. The molecular weight excluding hydrogens is 712 g/mol. The molecule has 0 spiro atoms. The van der Waals surface area contributed by atoms with Crippen molar-refractivity contribution in [2.24, 2.45) is 0 Å². The summed E-state index contributed by atoms with van der Waals surface area (Å²) in [5.74, 6) is 0.453. The first-order valence-corrected chi connectivity index (χ1v) is 17.8. The summed E-state index contributed by atoms with van der Waals surface area (Å²) >= 11 is 6.59. The van der Waals surface area contributed by atoms with Crippen LogP contribution in [0.4, 0.5) is 5.82 Å². The van der Waals surface area contributed by atoms with Gasteiger partial charge in [-0.15, -0.1) is 0 Å². The highest BCUT2D eigenvalue weighted by atomic mass is 35.5. The van der Waals surface area contributed by atoms with Crippen LogP contribution in [0.5, 0.6) is 5.75 Å². The van der Waals surface area contributed by atoms with Crippen molar-refractivity contribution >= 4 is 51.0 Å². The maximum atomic E-state index is 14.6. The zero-order valence-corrected chi connectivity index (χ0v) is 30.8. The fourth-order valence-electron chi connectivity index (χ4n) is 6.40. The normalized spacial score (nSPS) is 11.4. The maximum absolute atomic E-state index is 14.6. The number of nitrogen functional groups attached to an aromatic ring is 1. The highest BCUT2D eigenvalue weighted by Crippen LogP contribution is 2.32. The molecule has 0 aliphatic carbocycles. The van der Waals surface area contributed by atoms with Crippen LogP contribution in [0.15, 0.2) is 77.9 Å². The van der Waals surface area contributed by atoms with Crippen molar-refractivity contribution in [1.82, 2.24) is 34.2 Å². The first-order valence-electron chi connectivity index (χ1n) is 17.5. The Labute approximate surface area is 316 Å². The summed E-state index contributed by atoms with van der Waals surface area (Å²) in [5.41, 5.74) is 9.11. The van der Waals surface area contributed by atoms with Gasteiger partial charge in [0.05, 0.1) is 36.0 Å². The number of carbonyl (C=O) groups is 2. The van der Waals surface area contributed by atoms with E-state index in [0.29, 0.717) is 87.9 Å². The summed E-state index contributed by atoms with van der Waals surface area (Å²) in [6.07, 6.45) is 2.08. The topological polar surface area (TPSA) is 181 Å². The lowest BCUT2D eigenvalue weighted by molar-refractivity contribution is -0.132. The molecular formula is C39H41ClN8O6. The van der Waals surface area contributed by atoms with E-state index in [9.17, 15) is 19.5 Å². The first kappa shape index (κ1) is 38.0. The molecule has 0 fully saturated rings. The van der Waals surface area contributed by atoms with Gasteiger partial charge in [0.1, 0.15) is 41.7 Å². The van der Waals surface area contributed by atoms with Crippen LogP contribution in [0.25, 0.3) is 33.2 Å². The Kier molecular flexibility index (Phi) is 12.3. The van der Waals surface area contributed by atoms with Crippen molar-refractivity contribution in [3.8, 4) is 17.0 Å². The molecule has 6 rings (SSSR count). The van der Waals surface area contributed by atoms with Gasteiger partial charge in [-0.05, 0) is 41.8 Å². The number of halogens is 1. The number of hydrogen-bond donors (Lipinski definition) is 2. The molecule has 0 saturated carbocycles. The number of amides is 1. The number of carbonyl (C=O) groups excluding carboxylic acids is 2. The van der Waals surface area contributed by atoms with Crippen LogP contribution in [-0.2, 0) is 38.6 Å². The Hall–Kier alpha value is -5.70. The molecule has 3 N–H and O–H groups in total. The Balaban J connectivity index is 1.33. The van der Waals surface area contributed by atoms with Crippen molar-refractivity contribution in [3.63, 3.8) is 0 Å². The smallest absolute Gasteiger partial charge is 0.262 e. The third-order valence-corrected chi connectivity index (χ3v) is 9.49. The van der Waals surface area contributed by atoms with E-state index in [1.807, 2.05) is 18.2 Å². The van der Waals surface area contributed by atoms with Crippen molar-refractivity contribution in [2.45, 2.75) is 38.8 Å². The molecule has 15 heteroatoms. The minimum Gasteiger partial charge on any atom is -0.508 e. The zero-order chi connectivity index (χ0) is 38.2. The zero-order valence-electron chi connectivity index (χ0n) is 30.1. The molecule has 0 radical (unpaired) electrons. The van der Waals surface area contributed by atoms with Crippen LogP contribution >= 0.6 is 11.6 Å². The van der Waals surface area contributed by atoms with Crippen molar-refractivity contribution in [3.05, 3.63) is 105 Å². The van der Waals surface area contributed by atoms with Gasteiger partial charge >= 0.3 is 0 Å². The predicted molar refractivity (Wildman–Crippen MR) is 205 cm³/mol. The lowest BCUT2D eigenvalue weighted by atomic mass is 10.0. The second kappa shape index (κ2) is 17.4. The third kappa shape index (κ3) is 8.57. The third-order valence-electron chi connectivity index (χ3n) is 9.12. The number of fused-ring (bicyclic) bond motifs is 2. The monoisotopic (exact) mass is 752 g/mol. The van der Waals surface area contributed by atoms with Gasteiger partial charge in [0.25, 0.3) is 5.56 Å². The van der Waals surface area contributed by atoms with Crippen molar-refractivity contribution in [2.75, 3.05) is 46.3 Å². The number of hydrogen-bond acceptors (Lipinski definition) is 11. The number of aromatic hydroxyl groups is 1. The van der Waals surface area contributed by atoms with E-state index in [4.69, 9.17) is 36.9 Å². The second-order valence-corrected chi connectivity index (χ2v) is 13.2. The number of benzene rings is 3. The minimum atomic E-state index is -0.348. The van der Waals surface area contributed by atoms with Gasteiger partial charge in [-0.25, -0.2) is 19.6 Å². The van der Waals surface area contributed by atoms with Gasteiger partial charge in [0.2, 0.25) is 5.91 Å². The second-order valence-electron chi connectivity index (χ2n) is 12.8. The van der Waals surface area contributed by atoms with Crippen molar-refractivity contribution in [1.29, 1.82) is 0 Å². The Morgan fingerprint density at radius 1 is 0.907 bits per heavy atom. The molecule has 0 aliphatic heterocycles. The van der Waals surface area contributed by atoms with E-state index < -0.39 is 0 Å². The average Bonchev–Trinajstić information content (AvgIpc) is 3.53.